The van der Waals surface area contributed by atoms with Gasteiger partial charge in [0.25, 0.3) is 0 Å². The molecule has 2 rings (SSSR count). The fraction of sp³-hybridized carbons (Fsp3) is 0. The van der Waals surface area contributed by atoms with Gasteiger partial charge < -0.3 is 0 Å². The molecule has 0 aliphatic carbocycles. The molecule has 0 N–H and O–H groups in total. The van der Waals surface area contributed by atoms with Gasteiger partial charge in [0.05, 0.1) is 0 Å². The highest BCUT2D eigenvalue weighted by atomic mass is 35.5. The summed E-state index contributed by atoms with van der Waals surface area (Å²) < 4.78 is 0. The van der Waals surface area contributed by atoms with Gasteiger partial charge in [-0.05, 0) is 17.5 Å². The molecule has 1 heterocycles. The van der Waals surface area contributed by atoms with Crippen molar-refractivity contribution in [3.05, 3.63) is 41.2 Å². The number of carbonyl (C=O) groups is 1. The van der Waals surface area contributed by atoms with E-state index < -0.39 is 0 Å². The summed E-state index contributed by atoms with van der Waals surface area (Å²) in [5.41, 5.74) is 0.613. The van der Waals surface area contributed by atoms with Crippen molar-refractivity contribution in [1.29, 1.82) is 0 Å². The molecule has 0 atom stereocenters. The van der Waals surface area contributed by atoms with Gasteiger partial charge in [0, 0.05) is 17.1 Å². The van der Waals surface area contributed by atoms with Crippen LogP contribution in [0.1, 0.15) is 10.4 Å². The SMILES string of the molecule is O=Cc1ccc2ccnc(Cl)c2c1. The zero-order valence-corrected chi connectivity index (χ0v) is 7.45. The zero-order chi connectivity index (χ0) is 9.26. The minimum atomic E-state index is 0.432. The second-order valence-electron chi connectivity index (χ2n) is 2.70. The predicted molar refractivity (Wildman–Crippen MR) is 52.1 cm³/mol. The number of benzene rings is 1. The number of nitrogens with zero attached hydrogens (tertiary/aromatic N) is 1. The van der Waals surface area contributed by atoms with Crippen LogP contribution >= 0.6 is 11.6 Å². The highest BCUT2D eigenvalue weighted by Gasteiger charge is 1.99. The monoisotopic (exact) mass is 191 g/mol. The Hall–Kier alpha value is -1.41. The van der Waals surface area contributed by atoms with Crippen molar-refractivity contribution in [2.45, 2.75) is 0 Å². The number of halogens is 1. The summed E-state index contributed by atoms with van der Waals surface area (Å²) in [5, 5.41) is 2.24. The van der Waals surface area contributed by atoms with E-state index in [-0.39, 0.29) is 0 Å². The molecule has 13 heavy (non-hydrogen) atoms. The Kier molecular flexibility index (Phi) is 1.99. The molecule has 0 spiro atoms. The lowest BCUT2D eigenvalue weighted by Crippen LogP contribution is -1.82. The first-order chi connectivity index (χ1) is 6.31. The lowest BCUT2D eigenvalue weighted by atomic mass is 10.1. The summed E-state index contributed by atoms with van der Waals surface area (Å²) in [5.74, 6) is 0. The molecule has 0 saturated carbocycles. The molecular formula is C10H6ClNO. The summed E-state index contributed by atoms with van der Waals surface area (Å²) in [6.45, 7) is 0. The van der Waals surface area contributed by atoms with E-state index in [1.165, 1.54) is 0 Å². The highest BCUT2D eigenvalue weighted by Crippen LogP contribution is 2.21. The number of hydrogen-bond donors (Lipinski definition) is 0. The Labute approximate surface area is 80.2 Å². The lowest BCUT2D eigenvalue weighted by molar-refractivity contribution is 0.112. The topological polar surface area (TPSA) is 30.0 Å². The molecule has 0 fully saturated rings. The van der Waals surface area contributed by atoms with E-state index >= 15 is 0 Å². The van der Waals surface area contributed by atoms with Crippen molar-refractivity contribution in [1.82, 2.24) is 4.98 Å². The molecule has 3 heteroatoms. The average molecular weight is 192 g/mol. The molecule has 1 aromatic heterocycles. The predicted octanol–water partition coefficient (Wildman–Crippen LogP) is 2.70. The van der Waals surface area contributed by atoms with Crippen molar-refractivity contribution in [3.63, 3.8) is 0 Å². The van der Waals surface area contributed by atoms with Crippen LogP contribution in [0.15, 0.2) is 30.5 Å². The van der Waals surface area contributed by atoms with Crippen molar-refractivity contribution in [2.75, 3.05) is 0 Å². The van der Waals surface area contributed by atoms with E-state index in [1.54, 1.807) is 18.3 Å². The minimum Gasteiger partial charge on any atom is -0.298 e. The third-order valence-corrected chi connectivity index (χ3v) is 2.18. The van der Waals surface area contributed by atoms with Crippen LogP contribution < -0.4 is 0 Å². The van der Waals surface area contributed by atoms with Crippen LogP contribution in [0.5, 0.6) is 0 Å². The lowest BCUT2D eigenvalue weighted by Gasteiger charge is -1.99. The molecular weight excluding hydrogens is 186 g/mol. The quantitative estimate of drug-likeness (QED) is 0.513. The maximum atomic E-state index is 10.5. The van der Waals surface area contributed by atoms with Crippen molar-refractivity contribution >= 4 is 28.7 Å². The first kappa shape index (κ1) is 8.20. The Morgan fingerprint density at radius 1 is 1.31 bits per heavy atom. The van der Waals surface area contributed by atoms with Crippen LogP contribution in [-0.4, -0.2) is 11.3 Å². The molecule has 1 aromatic carbocycles. The zero-order valence-electron chi connectivity index (χ0n) is 6.70. The number of fused-ring (bicyclic) bond motifs is 1. The van der Waals surface area contributed by atoms with Gasteiger partial charge in [0.1, 0.15) is 11.4 Å². The van der Waals surface area contributed by atoms with Crippen LogP contribution in [0.25, 0.3) is 10.8 Å². The van der Waals surface area contributed by atoms with E-state index in [9.17, 15) is 4.79 Å². The Morgan fingerprint density at radius 3 is 2.92 bits per heavy atom. The van der Waals surface area contributed by atoms with Gasteiger partial charge in [-0.15, -0.1) is 0 Å². The molecule has 2 aromatic rings. The largest absolute Gasteiger partial charge is 0.298 e. The third kappa shape index (κ3) is 1.40. The van der Waals surface area contributed by atoms with Crippen LogP contribution in [0.3, 0.4) is 0 Å². The fourth-order valence-corrected chi connectivity index (χ4v) is 1.44. The van der Waals surface area contributed by atoms with Crippen LogP contribution in [-0.2, 0) is 0 Å². The van der Waals surface area contributed by atoms with Gasteiger partial charge in [-0.25, -0.2) is 4.98 Å². The molecule has 0 bridgehead atoms. The maximum Gasteiger partial charge on any atom is 0.150 e. The van der Waals surface area contributed by atoms with Gasteiger partial charge in [-0.2, -0.15) is 0 Å². The second kappa shape index (κ2) is 3.15. The standard InChI is InChI=1S/C10H6ClNO/c11-10-9-5-7(6-13)1-2-8(9)3-4-12-10/h1-6H. The normalized spacial score (nSPS) is 10.2. The summed E-state index contributed by atoms with van der Waals surface area (Å²) in [6, 6.07) is 7.20. The summed E-state index contributed by atoms with van der Waals surface area (Å²) >= 11 is 5.86. The summed E-state index contributed by atoms with van der Waals surface area (Å²) in [4.78, 5) is 14.4. The third-order valence-electron chi connectivity index (χ3n) is 1.88. The van der Waals surface area contributed by atoms with Gasteiger partial charge >= 0.3 is 0 Å². The Balaban J connectivity index is 2.81. The Bertz CT molecular complexity index is 467. The van der Waals surface area contributed by atoms with E-state index in [1.807, 2.05) is 12.1 Å². The number of pyridine rings is 1. The second-order valence-corrected chi connectivity index (χ2v) is 3.06. The van der Waals surface area contributed by atoms with Gasteiger partial charge in [-0.3, -0.25) is 4.79 Å². The highest BCUT2D eigenvalue weighted by molar-refractivity contribution is 6.34. The van der Waals surface area contributed by atoms with E-state index in [2.05, 4.69) is 4.98 Å². The number of hydrogen-bond acceptors (Lipinski definition) is 2. The maximum absolute atomic E-state index is 10.5. The first-order valence-electron chi connectivity index (χ1n) is 3.81. The molecule has 2 nitrogen and oxygen atoms in total. The average Bonchev–Trinajstić information content (AvgIpc) is 2.18. The van der Waals surface area contributed by atoms with Gasteiger partial charge in [-0.1, -0.05) is 23.7 Å². The van der Waals surface area contributed by atoms with E-state index in [0.717, 1.165) is 17.1 Å². The number of rotatable bonds is 1. The molecule has 0 unspecified atom stereocenters. The molecule has 0 radical (unpaired) electrons. The first-order valence-corrected chi connectivity index (χ1v) is 4.18. The van der Waals surface area contributed by atoms with Crippen LogP contribution in [0, 0.1) is 0 Å². The van der Waals surface area contributed by atoms with Gasteiger partial charge in [0.2, 0.25) is 0 Å². The van der Waals surface area contributed by atoms with Crippen LogP contribution in [0.2, 0.25) is 5.15 Å². The molecule has 64 valence electrons. The van der Waals surface area contributed by atoms with E-state index in [4.69, 9.17) is 11.6 Å². The van der Waals surface area contributed by atoms with E-state index in [0.29, 0.717) is 10.7 Å². The van der Waals surface area contributed by atoms with Crippen molar-refractivity contribution < 1.29 is 4.79 Å². The summed E-state index contributed by atoms with van der Waals surface area (Å²) in [6.07, 6.45) is 2.44. The minimum absolute atomic E-state index is 0.432. The molecule has 0 aliphatic rings. The Morgan fingerprint density at radius 2 is 2.15 bits per heavy atom. The number of carbonyl (C=O) groups excluding carboxylic acids is 1. The number of aromatic nitrogens is 1. The van der Waals surface area contributed by atoms with Crippen LogP contribution in [0.4, 0.5) is 0 Å². The fourth-order valence-electron chi connectivity index (χ4n) is 1.22. The smallest absolute Gasteiger partial charge is 0.150 e. The van der Waals surface area contributed by atoms with Crippen molar-refractivity contribution in [3.8, 4) is 0 Å². The van der Waals surface area contributed by atoms with Crippen molar-refractivity contribution in [2.24, 2.45) is 0 Å². The molecule has 0 aliphatic heterocycles. The summed E-state index contributed by atoms with van der Waals surface area (Å²) in [7, 11) is 0. The molecule has 0 amide bonds. The van der Waals surface area contributed by atoms with Gasteiger partial charge in [0.15, 0.2) is 0 Å². The number of aldehydes is 1. The molecule has 0 saturated heterocycles.